The predicted octanol–water partition coefficient (Wildman–Crippen LogP) is 2.69. The van der Waals surface area contributed by atoms with Gasteiger partial charge in [0, 0.05) is 31.8 Å². The molecular formula is C17H18N2O3. The first-order valence-corrected chi connectivity index (χ1v) is 7.35. The summed E-state index contributed by atoms with van der Waals surface area (Å²) in [6.07, 6.45) is 0.0955. The molecule has 1 unspecified atom stereocenters. The molecule has 1 aliphatic rings. The number of aliphatic hydroxyl groups is 1. The molecule has 0 aliphatic carbocycles. The molecule has 0 saturated heterocycles. The van der Waals surface area contributed by atoms with E-state index in [0.29, 0.717) is 12.1 Å². The minimum atomic E-state index is -0.693. The molecule has 0 spiro atoms. The Hall–Kier alpha value is -2.24. The molecule has 1 atom stereocenters. The molecule has 0 saturated carbocycles. The average molecular weight is 298 g/mol. The Balaban J connectivity index is 1.79. The van der Waals surface area contributed by atoms with Gasteiger partial charge in [0.05, 0.1) is 11.0 Å². The maximum absolute atomic E-state index is 10.9. The van der Waals surface area contributed by atoms with Gasteiger partial charge >= 0.3 is 0 Å². The summed E-state index contributed by atoms with van der Waals surface area (Å²) in [6, 6.07) is 14.9. The molecule has 2 aromatic rings. The largest absolute Gasteiger partial charge is 0.387 e. The van der Waals surface area contributed by atoms with Crippen molar-refractivity contribution in [3.63, 3.8) is 0 Å². The number of nitrogens with zero attached hydrogens (tertiary/aromatic N) is 2. The van der Waals surface area contributed by atoms with Gasteiger partial charge in [-0.3, -0.25) is 15.0 Å². The van der Waals surface area contributed by atoms with E-state index < -0.39 is 11.0 Å². The first kappa shape index (κ1) is 14.7. The van der Waals surface area contributed by atoms with Crippen molar-refractivity contribution in [2.45, 2.75) is 19.1 Å². The lowest BCUT2D eigenvalue weighted by Crippen LogP contribution is -2.27. The monoisotopic (exact) mass is 298 g/mol. The fourth-order valence-corrected chi connectivity index (χ4v) is 2.93. The van der Waals surface area contributed by atoms with Crippen molar-refractivity contribution in [1.29, 1.82) is 0 Å². The molecule has 5 heteroatoms. The molecule has 0 radical (unpaired) electrons. The first-order valence-electron chi connectivity index (χ1n) is 7.35. The maximum Gasteiger partial charge on any atom is 0.269 e. The van der Waals surface area contributed by atoms with E-state index in [4.69, 9.17) is 0 Å². The van der Waals surface area contributed by atoms with E-state index in [-0.39, 0.29) is 5.69 Å². The van der Waals surface area contributed by atoms with E-state index in [1.165, 1.54) is 17.7 Å². The van der Waals surface area contributed by atoms with Crippen LogP contribution in [0.4, 0.5) is 5.69 Å². The zero-order valence-corrected chi connectivity index (χ0v) is 12.2. The van der Waals surface area contributed by atoms with Gasteiger partial charge in [0.15, 0.2) is 0 Å². The molecule has 3 rings (SSSR count). The minimum absolute atomic E-state index is 0.0364. The molecule has 0 amide bonds. The normalized spacial score (nSPS) is 18.5. The Bertz CT molecular complexity index is 673. The van der Waals surface area contributed by atoms with Gasteiger partial charge in [0.1, 0.15) is 0 Å². The summed E-state index contributed by atoms with van der Waals surface area (Å²) in [5.74, 6) is 0. The van der Waals surface area contributed by atoms with E-state index >= 15 is 0 Å². The van der Waals surface area contributed by atoms with Crippen LogP contribution in [0.2, 0.25) is 0 Å². The number of nitro groups is 1. The van der Waals surface area contributed by atoms with Crippen molar-refractivity contribution in [2.75, 3.05) is 13.1 Å². The van der Waals surface area contributed by atoms with Gasteiger partial charge in [-0.1, -0.05) is 36.4 Å². The van der Waals surface area contributed by atoms with Crippen LogP contribution in [0, 0.1) is 10.1 Å². The summed E-state index contributed by atoms with van der Waals surface area (Å²) in [6.45, 7) is 2.09. The topological polar surface area (TPSA) is 66.6 Å². The smallest absolute Gasteiger partial charge is 0.269 e. The zero-order valence-electron chi connectivity index (χ0n) is 12.2. The Morgan fingerprint density at radius 3 is 2.73 bits per heavy atom. The van der Waals surface area contributed by atoms with E-state index in [9.17, 15) is 15.2 Å². The lowest BCUT2D eigenvalue weighted by atomic mass is 10.0. The summed E-state index contributed by atoms with van der Waals surface area (Å²) >= 11 is 0. The Morgan fingerprint density at radius 2 is 2.00 bits per heavy atom. The minimum Gasteiger partial charge on any atom is -0.387 e. The lowest BCUT2D eigenvalue weighted by molar-refractivity contribution is -0.385. The van der Waals surface area contributed by atoms with Gasteiger partial charge in [-0.15, -0.1) is 0 Å². The Labute approximate surface area is 129 Å². The van der Waals surface area contributed by atoms with Crippen LogP contribution in [0.3, 0.4) is 0 Å². The highest BCUT2D eigenvalue weighted by atomic mass is 16.6. The fraction of sp³-hybridized carbons (Fsp3) is 0.294. The second-order valence-corrected chi connectivity index (χ2v) is 5.63. The summed E-state index contributed by atoms with van der Waals surface area (Å²) in [5, 5.41) is 21.3. The van der Waals surface area contributed by atoms with Crippen LogP contribution in [-0.4, -0.2) is 28.0 Å². The van der Waals surface area contributed by atoms with Gasteiger partial charge in [-0.25, -0.2) is 0 Å². The molecule has 0 fully saturated rings. The predicted molar refractivity (Wildman–Crippen MR) is 83.5 cm³/mol. The van der Waals surface area contributed by atoms with Crippen LogP contribution in [0.1, 0.15) is 22.8 Å². The van der Waals surface area contributed by atoms with Crippen molar-refractivity contribution < 1.29 is 10.0 Å². The molecular weight excluding hydrogens is 280 g/mol. The van der Waals surface area contributed by atoms with Gasteiger partial charge in [-0.2, -0.15) is 0 Å². The Morgan fingerprint density at radius 1 is 1.23 bits per heavy atom. The van der Waals surface area contributed by atoms with Crippen LogP contribution in [0.15, 0.2) is 48.5 Å². The molecule has 22 heavy (non-hydrogen) atoms. The summed E-state index contributed by atoms with van der Waals surface area (Å²) in [7, 11) is 0. The van der Waals surface area contributed by atoms with Gasteiger partial charge < -0.3 is 5.11 Å². The van der Waals surface area contributed by atoms with E-state index in [1.54, 1.807) is 6.07 Å². The van der Waals surface area contributed by atoms with Crippen molar-refractivity contribution in [2.24, 2.45) is 0 Å². The third-order valence-corrected chi connectivity index (χ3v) is 4.08. The third kappa shape index (κ3) is 3.16. The lowest BCUT2D eigenvalue weighted by Gasteiger charge is -2.22. The number of hydrogen-bond acceptors (Lipinski definition) is 4. The fourth-order valence-electron chi connectivity index (χ4n) is 2.93. The number of hydrogen-bond donors (Lipinski definition) is 1. The summed E-state index contributed by atoms with van der Waals surface area (Å²) < 4.78 is 0. The summed E-state index contributed by atoms with van der Waals surface area (Å²) in [4.78, 5) is 12.7. The van der Waals surface area contributed by atoms with E-state index in [0.717, 1.165) is 25.1 Å². The summed E-state index contributed by atoms with van der Waals surface area (Å²) in [5.41, 5.74) is 2.92. The van der Waals surface area contributed by atoms with Crippen LogP contribution in [-0.2, 0) is 13.0 Å². The van der Waals surface area contributed by atoms with Crippen molar-refractivity contribution >= 4 is 5.69 Å². The number of non-ortho nitro benzene ring substituents is 1. The first-order chi connectivity index (χ1) is 10.6. The van der Waals surface area contributed by atoms with Crippen molar-refractivity contribution in [3.05, 3.63) is 75.3 Å². The quantitative estimate of drug-likeness (QED) is 0.699. The van der Waals surface area contributed by atoms with Gasteiger partial charge in [-0.05, 0) is 23.1 Å². The number of nitro benzene ring substituents is 1. The SMILES string of the molecule is O=[N+]([O-])c1ccc2c(c1)C(O)CN(Cc1ccccc1)CC2. The van der Waals surface area contributed by atoms with Crippen LogP contribution in [0.5, 0.6) is 0 Å². The highest BCUT2D eigenvalue weighted by molar-refractivity contribution is 5.42. The molecule has 1 heterocycles. The molecule has 2 aromatic carbocycles. The maximum atomic E-state index is 10.9. The number of benzene rings is 2. The standard InChI is InChI=1S/C17H18N2O3/c20-17-12-18(11-13-4-2-1-3-5-13)9-8-14-6-7-15(19(21)22)10-16(14)17/h1-7,10,17,20H,8-9,11-12H2. The number of β-amino-alcohol motifs (C(OH)–C–C–N with tert-alkyl or cyclic N) is 1. The van der Waals surface area contributed by atoms with Crippen LogP contribution < -0.4 is 0 Å². The molecule has 0 bridgehead atoms. The molecule has 1 N–H and O–H groups in total. The van der Waals surface area contributed by atoms with Crippen LogP contribution >= 0.6 is 0 Å². The molecule has 114 valence electrons. The van der Waals surface area contributed by atoms with Crippen molar-refractivity contribution in [3.8, 4) is 0 Å². The highest BCUT2D eigenvalue weighted by Gasteiger charge is 2.23. The van der Waals surface area contributed by atoms with E-state index in [1.807, 2.05) is 18.2 Å². The average Bonchev–Trinajstić information content (AvgIpc) is 2.67. The van der Waals surface area contributed by atoms with Gasteiger partial charge in [0.25, 0.3) is 5.69 Å². The second kappa shape index (κ2) is 6.25. The number of aliphatic hydroxyl groups excluding tert-OH is 1. The van der Waals surface area contributed by atoms with E-state index in [2.05, 4.69) is 17.0 Å². The van der Waals surface area contributed by atoms with Crippen LogP contribution in [0.25, 0.3) is 0 Å². The number of fused-ring (bicyclic) bond motifs is 1. The Kier molecular flexibility index (Phi) is 4.18. The second-order valence-electron chi connectivity index (χ2n) is 5.63. The molecule has 0 aromatic heterocycles. The highest BCUT2D eigenvalue weighted by Crippen LogP contribution is 2.28. The van der Waals surface area contributed by atoms with Gasteiger partial charge in [0.2, 0.25) is 0 Å². The van der Waals surface area contributed by atoms with Crippen molar-refractivity contribution in [1.82, 2.24) is 4.90 Å². The number of rotatable bonds is 3. The zero-order chi connectivity index (χ0) is 15.5. The third-order valence-electron chi connectivity index (χ3n) is 4.08. The molecule has 5 nitrogen and oxygen atoms in total. The molecule has 1 aliphatic heterocycles.